The molecule has 4 nitrogen and oxygen atoms in total. The molecule has 2 rings (SSSR count). The number of nitrogens with one attached hydrogen (secondary N) is 1. The summed E-state index contributed by atoms with van der Waals surface area (Å²) < 4.78 is -1.02. The van der Waals surface area contributed by atoms with Gasteiger partial charge in [-0.15, -0.1) is 23.2 Å². The van der Waals surface area contributed by atoms with Crippen molar-refractivity contribution in [2.75, 3.05) is 13.6 Å². The molecule has 0 saturated heterocycles. The minimum Gasteiger partial charge on any atom is -0.346 e. The molecule has 0 heterocycles. The summed E-state index contributed by atoms with van der Waals surface area (Å²) in [6, 6.07) is 9.66. The smallest absolute Gasteiger partial charge is 0.242 e. The molecular weight excluding hydrogens is 311 g/mol. The topological polar surface area (TPSA) is 49.4 Å². The van der Waals surface area contributed by atoms with Crippen LogP contribution in [0.1, 0.15) is 18.9 Å². The summed E-state index contributed by atoms with van der Waals surface area (Å²) in [6.07, 6.45) is 0.406. The van der Waals surface area contributed by atoms with E-state index in [2.05, 4.69) is 5.32 Å². The van der Waals surface area contributed by atoms with Gasteiger partial charge in [0.2, 0.25) is 11.8 Å². The summed E-state index contributed by atoms with van der Waals surface area (Å²) in [6.45, 7) is 2.14. The first-order valence-electron chi connectivity index (χ1n) is 6.70. The van der Waals surface area contributed by atoms with Gasteiger partial charge in [-0.25, -0.2) is 0 Å². The first-order valence-corrected chi connectivity index (χ1v) is 7.46. The maximum atomic E-state index is 12.0. The summed E-state index contributed by atoms with van der Waals surface area (Å²) in [7, 11) is 1.70. The molecule has 2 amide bonds. The Morgan fingerprint density at radius 2 is 1.86 bits per heavy atom. The minimum absolute atomic E-state index is 0.0540. The Hall–Kier alpha value is -1.26. The number of alkyl halides is 2. The molecule has 1 saturated carbocycles. The van der Waals surface area contributed by atoms with E-state index in [-0.39, 0.29) is 18.4 Å². The van der Waals surface area contributed by atoms with E-state index >= 15 is 0 Å². The number of likely N-dealkylation sites (N-methyl/N-ethyl adjacent to an activating group) is 1. The van der Waals surface area contributed by atoms with Crippen LogP contribution in [-0.2, 0) is 16.1 Å². The third-order valence-electron chi connectivity index (χ3n) is 3.85. The van der Waals surface area contributed by atoms with Gasteiger partial charge in [0.1, 0.15) is 4.33 Å². The standard InChI is InChI=1S/C15H18Cl2N2O2/c1-14(10-15(14,16)17)13(21)18-8-12(20)19(2)9-11-6-4-3-5-7-11/h3-7H,8-10H2,1-2H3,(H,18,21)/t14-/m0/s1. The highest BCUT2D eigenvalue weighted by Crippen LogP contribution is 2.63. The molecule has 1 aromatic carbocycles. The summed E-state index contributed by atoms with van der Waals surface area (Å²) in [4.78, 5) is 25.6. The van der Waals surface area contributed by atoms with Gasteiger partial charge in [0, 0.05) is 13.6 Å². The van der Waals surface area contributed by atoms with Gasteiger partial charge in [0.05, 0.1) is 12.0 Å². The third-order valence-corrected chi connectivity index (χ3v) is 4.95. The second kappa shape index (κ2) is 5.85. The van der Waals surface area contributed by atoms with E-state index in [1.54, 1.807) is 18.9 Å². The predicted molar refractivity (Wildman–Crippen MR) is 83.1 cm³/mol. The molecule has 1 aromatic rings. The Morgan fingerprint density at radius 1 is 1.29 bits per heavy atom. The molecule has 1 aliphatic carbocycles. The quantitative estimate of drug-likeness (QED) is 0.843. The third kappa shape index (κ3) is 3.50. The molecule has 1 atom stereocenters. The van der Waals surface area contributed by atoms with Gasteiger partial charge in [-0.1, -0.05) is 30.3 Å². The number of halogens is 2. The van der Waals surface area contributed by atoms with E-state index in [1.807, 2.05) is 30.3 Å². The van der Waals surface area contributed by atoms with Crippen molar-refractivity contribution in [1.29, 1.82) is 0 Å². The van der Waals surface area contributed by atoms with Crippen LogP contribution < -0.4 is 5.32 Å². The Kier molecular flexibility index (Phi) is 4.49. The second-order valence-corrected chi connectivity index (χ2v) is 7.12. The lowest BCUT2D eigenvalue weighted by atomic mass is 10.1. The van der Waals surface area contributed by atoms with Crippen LogP contribution in [0.25, 0.3) is 0 Å². The number of carbonyl (C=O) groups is 2. The van der Waals surface area contributed by atoms with E-state index in [1.165, 1.54) is 0 Å². The Bertz CT molecular complexity index is 548. The fourth-order valence-electron chi connectivity index (χ4n) is 2.08. The molecule has 0 aromatic heterocycles. The van der Waals surface area contributed by atoms with Gasteiger partial charge in [-0.05, 0) is 18.9 Å². The fraction of sp³-hybridized carbons (Fsp3) is 0.467. The Balaban J connectivity index is 1.81. The van der Waals surface area contributed by atoms with Crippen LogP contribution in [0, 0.1) is 5.41 Å². The molecule has 0 bridgehead atoms. The molecule has 6 heteroatoms. The van der Waals surface area contributed by atoms with Crippen LogP contribution in [0.15, 0.2) is 30.3 Å². The van der Waals surface area contributed by atoms with Crippen LogP contribution in [0.3, 0.4) is 0 Å². The Morgan fingerprint density at radius 3 is 2.38 bits per heavy atom. The lowest BCUT2D eigenvalue weighted by Gasteiger charge is -2.19. The zero-order chi connectivity index (χ0) is 15.7. The number of rotatable bonds is 5. The minimum atomic E-state index is -1.02. The SMILES string of the molecule is CN(Cc1ccccc1)C(=O)CNC(=O)[C@]1(C)CC1(Cl)Cl. The molecule has 21 heavy (non-hydrogen) atoms. The number of carbonyl (C=O) groups excluding carboxylic acids is 2. The van der Waals surface area contributed by atoms with Gasteiger partial charge in [0.15, 0.2) is 0 Å². The molecule has 0 unspecified atom stereocenters. The van der Waals surface area contributed by atoms with Crippen LogP contribution in [0.5, 0.6) is 0 Å². The number of amides is 2. The molecule has 1 fully saturated rings. The summed E-state index contributed by atoms with van der Waals surface area (Å²) in [5.41, 5.74) is 0.239. The van der Waals surface area contributed by atoms with Crippen molar-refractivity contribution in [2.24, 2.45) is 5.41 Å². The monoisotopic (exact) mass is 328 g/mol. The molecular formula is C15H18Cl2N2O2. The van der Waals surface area contributed by atoms with Gasteiger partial charge in [-0.3, -0.25) is 9.59 Å². The predicted octanol–water partition coefficient (Wildman–Crippen LogP) is 2.35. The van der Waals surface area contributed by atoms with Crippen molar-refractivity contribution in [3.8, 4) is 0 Å². The van der Waals surface area contributed by atoms with Crippen molar-refractivity contribution >= 4 is 35.0 Å². The average molecular weight is 329 g/mol. The van der Waals surface area contributed by atoms with Crippen LogP contribution >= 0.6 is 23.2 Å². The lowest BCUT2D eigenvalue weighted by Crippen LogP contribution is -2.41. The van der Waals surface area contributed by atoms with Gasteiger partial charge < -0.3 is 10.2 Å². The summed E-state index contributed by atoms with van der Waals surface area (Å²) in [5, 5.41) is 2.61. The normalized spacial score (nSPS) is 22.5. The molecule has 114 valence electrons. The highest BCUT2D eigenvalue weighted by molar-refractivity contribution is 6.53. The second-order valence-electron chi connectivity index (χ2n) is 5.63. The summed E-state index contributed by atoms with van der Waals surface area (Å²) >= 11 is 11.9. The fourth-order valence-corrected chi connectivity index (χ4v) is 2.78. The lowest BCUT2D eigenvalue weighted by molar-refractivity contribution is -0.133. The molecule has 0 aliphatic heterocycles. The van der Waals surface area contributed by atoms with Crippen LogP contribution in [0.4, 0.5) is 0 Å². The number of hydrogen-bond acceptors (Lipinski definition) is 2. The number of nitrogens with zero attached hydrogens (tertiary/aromatic N) is 1. The number of hydrogen-bond donors (Lipinski definition) is 1. The zero-order valence-corrected chi connectivity index (χ0v) is 13.5. The van der Waals surface area contributed by atoms with Gasteiger partial charge >= 0.3 is 0 Å². The van der Waals surface area contributed by atoms with E-state index in [4.69, 9.17) is 23.2 Å². The van der Waals surface area contributed by atoms with Crippen molar-refractivity contribution in [3.63, 3.8) is 0 Å². The van der Waals surface area contributed by atoms with Crippen molar-refractivity contribution in [2.45, 2.75) is 24.2 Å². The van der Waals surface area contributed by atoms with Crippen molar-refractivity contribution in [1.82, 2.24) is 10.2 Å². The van der Waals surface area contributed by atoms with Crippen molar-refractivity contribution < 1.29 is 9.59 Å². The van der Waals surface area contributed by atoms with E-state index in [0.29, 0.717) is 13.0 Å². The van der Waals surface area contributed by atoms with Crippen LogP contribution in [-0.4, -0.2) is 34.6 Å². The van der Waals surface area contributed by atoms with E-state index < -0.39 is 9.75 Å². The first kappa shape index (κ1) is 16.1. The zero-order valence-electron chi connectivity index (χ0n) is 12.0. The molecule has 0 radical (unpaired) electrons. The van der Waals surface area contributed by atoms with E-state index in [9.17, 15) is 9.59 Å². The highest BCUT2D eigenvalue weighted by Gasteiger charge is 2.67. The molecule has 1 N–H and O–H groups in total. The highest BCUT2D eigenvalue weighted by atomic mass is 35.5. The van der Waals surface area contributed by atoms with Gasteiger partial charge in [-0.2, -0.15) is 0 Å². The van der Waals surface area contributed by atoms with E-state index in [0.717, 1.165) is 5.56 Å². The van der Waals surface area contributed by atoms with Crippen molar-refractivity contribution in [3.05, 3.63) is 35.9 Å². The Labute approximate surface area is 134 Å². The maximum absolute atomic E-state index is 12.0. The average Bonchev–Trinajstić information content (AvgIpc) is 2.97. The first-order chi connectivity index (χ1) is 9.76. The number of benzene rings is 1. The van der Waals surface area contributed by atoms with Crippen LogP contribution in [0.2, 0.25) is 0 Å². The largest absolute Gasteiger partial charge is 0.346 e. The summed E-state index contributed by atoms with van der Waals surface area (Å²) in [5.74, 6) is -0.444. The maximum Gasteiger partial charge on any atom is 0.242 e. The molecule has 1 aliphatic rings. The molecule has 0 spiro atoms. The van der Waals surface area contributed by atoms with Gasteiger partial charge in [0.25, 0.3) is 0 Å².